The molecule has 2 atom stereocenters. The van der Waals surface area contributed by atoms with E-state index in [4.69, 9.17) is 9.47 Å². The summed E-state index contributed by atoms with van der Waals surface area (Å²) in [7, 11) is 1.83. The van der Waals surface area contributed by atoms with Gasteiger partial charge in [0.1, 0.15) is 12.4 Å². The molecule has 2 rings (SSSR count). The molecule has 1 saturated heterocycles. The zero-order valence-electron chi connectivity index (χ0n) is 14.6. The highest BCUT2D eigenvalue weighted by Gasteiger charge is 2.21. The quantitative estimate of drug-likeness (QED) is 0.877. The molecule has 1 fully saturated rings. The van der Waals surface area contributed by atoms with Crippen molar-refractivity contribution < 1.29 is 14.3 Å². The maximum absolute atomic E-state index is 12.2. The Morgan fingerprint density at radius 1 is 1.43 bits per heavy atom. The molecule has 0 aliphatic carbocycles. The molecule has 1 aromatic carbocycles. The second kappa shape index (κ2) is 8.20. The van der Waals surface area contributed by atoms with E-state index in [0.29, 0.717) is 12.5 Å². The van der Waals surface area contributed by atoms with Crippen molar-refractivity contribution in [2.45, 2.75) is 33.2 Å². The van der Waals surface area contributed by atoms with Crippen LogP contribution in [-0.2, 0) is 4.74 Å². The van der Waals surface area contributed by atoms with Crippen molar-refractivity contribution in [1.29, 1.82) is 0 Å². The van der Waals surface area contributed by atoms with Gasteiger partial charge in [0.05, 0.1) is 12.6 Å². The molecule has 0 bridgehead atoms. The monoisotopic (exact) mass is 320 g/mol. The molecule has 0 spiro atoms. The minimum absolute atomic E-state index is 0.0521. The topological polar surface area (TPSA) is 50.8 Å². The fourth-order valence-corrected chi connectivity index (χ4v) is 2.80. The molecule has 5 heteroatoms. The van der Waals surface area contributed by atoms with Gasteiger partial charge in [0, 0.05) is 26.1 Å². The lowest BCUT2D eigenvalue weighted by Crippen LogP contribution is -2.45. The Morgan fingerprint density at radius 2 is 2.13 bits per heavy atom. The van der Waals surface area contributed by atoms with E-state index in [0.717, 1.165) is 43.1 Å². The van der Waals surface area contributed by atoms with Crippen LogP contribution in [0.2, 0.25) is 0 Å². The molecule has 0 radical (unpaired) electrons. The number of rotatable bonds is 6. The summed E-state index contributed by atoms with van der Waals surface area (Å²) in [6.45, 7) is 8.77. The third-order valence-electron chi connectivity index (χ3n) is 4.16. The Balaban J connectivity index is 1.77. The smallest absolute Gasteiger partial charge is 0.317 e. The van der Waals surface area contributed by atoms with Crippen LogP contribution in [0.3, 0.4) is 0 Å². The minimum Gasteiger partial charge on any atom is -0.491 e. The summed E-state index contributed by atoms with van der Waals surface area (Å²) in [4.78, 5) is 13.9. The highest BCUT2D eigenvalue weighted by molar-refractivity contribution is 5.74. The van der Waals surface area contributed by atoms with Gasteiger partial charge in [0.15, 0.2) is 0 Å². The molecule has 128 valence electrons. The zero-order valence-corrected chi connectivity index (χ0v) is 14.6. The largest absolute Gasteiger partial charge is 0.491 e. The number of ether oxygens (including phenoxy) is 2. The fraction of sp³-hybridized carbons (Fsp3) is 0.611. The van der Waals surface area contributed by atoms with Crippen LogP contribution in [0, 0.1) is 19.8 Å². The summed E-state index contributed by atoms with van der Waals surface area (Å²) in [5.74, 6) is 1.36. The van der Waals surface area contributed by atoms with Crippen LogP contribution in [-0.4, -0.2) is 50.4 Å². The lowest BCUT2D eigenvalue weighted by molar-refractivity contribution is 0.168. The molecular weight excluding hydrogens is 292 g/mol. The van der Waals surface area contributed by atoms with Gasteiger partial charge in [-0.1, -0.05) is 18.2 Å². The molecule has 1 aliphatic heterocycles. The van der Waals surface area contributed by atoms with Crippen molar-refractivity contribution in [2.24, 2.45) is 5.92 Å². The molecule has 0 saturated carbocycles. The Kier molecular flexibility index (Phi) is 6.28. The summed E-state index contributed by atoms with van der Waals surface area (Å²) in [5, 5.41) is 2.98. The molecule has 23 heavy (non-hydrogen) atoms. The van der Waals surface area contributed by atoms with Gasteiger partial charge >= 0.3 is 6.03 Å². The maximum Gasteiger partial charge on any atom is 0.317 e. The molecule has 1 N–H and O–H groups in total. The number of carbonyl (C=O) groups is 1. The van der Waals surface area contributed by atoms with Crippen LogP contribution in [0.1, 0.15) is 24.5 Å². The molecule has 0 unspecified atom stereocenters. The predicted octanol–water partition coefficient (Wildman–Crippen LogP) is 2.75. The van der Waals surface area contributed by atoms with Crippen LogP contribution >= 0.6 is 0 Å². The van der Waals surface area contributed by atoms with Gasteiger partial charge in [-0.15, -0.1) is 0 Å². The first-order chi connectivity index (χ1) is 11.0. The molecule has 2 amide bonds. The zero-order chi connectivity index (χ0) is 16.8. The van der Waals surface area contributed by atoms with Gasteiger partial charge in [0.2, 0.25) is 0 Å². The molecule has 5 nitrogen and oxygen atoms in total. The number of para-hydroxylation sites is 1. The second-order valence-electron chi connectivity index (χ2n) is 6.49. The average molecular weight is 320 g/mol. The number of nitrogens with zero attached hydrogens (tertiary/aromatic N) is 1. The number of amides is 2. The summed E-state index contributed by atoms with van der Waals surface area (Å²) in [6.07, 6.45) is 1.03. The first-order valence-corrected chi connectivity index (χ1v) is 8.25. The number of urea groups is 1. The molecule has 1 aliphatic rings. The van der Waals surface area contributed by atoms with Gasteiger partial charge in [-0.05, 0) is 38.3 Å². The molecule has 1 heterocycles. The van der Waals surface area contributed by atoms with E-state index in [1.54, 1.807) is 4.90 Å². The highest BCUT2D eigenvalue weighted by atomic mass is 16.5. The van der Waals surface area contributed by atoms with Crippen molar-refractivity contribution in [3.8, 4) is 5.75 Å². The number of nitrogens with one attached hydrogen (secondary N) is 1. The van der Waals surface area contributed by atoms with Crippen LogP contribution in [0.15, 0.2) is 18.2 Å². The average Bonchev–Trinajstić information content (AvgIpc) is 2.99. The van der Waals surface area contributed by atoms with Gasteiger partial charge in [-0.2, -0.15) is 0 Å². The number of aryl methyl sites for hydroxylation is 2. The third kappa shape index (κ3) is 5.13. The normalized spacial score (nSPS) is 18.5. The summed E-state index contributed by atoms with van der Waals surface area (Å²) >= 11 is 0. The van der Waals surface area contributed by atoms with Crippen molar-refractivity contribution in [3.05, 3.63) is 29.3 Å². The predicted molar refractivity (Wildman–Crippen MR) is 91.0 cm³/mol. The van der Waals surface area contributed by atoms with E-state index >= 15 is 0 Å². The van der Waals surface area contributed by atoms with Crippen molar-refractivity contribution in [2.75, 3.05) is 33.4 Å². The first-order valence-electron chi connectivity index (χ1n) is 8.25. The van der Waals surface area contributed by atoms with E-state index in [2.05, 4.69) is 5.32 Å². The van der Waals surface area contributed by atoms with Gasteiger partial charge < -0.3 is 19.7 Å². The highest BCUT2D eigenvalue weighted by Crippen LogP contribution is 2.22. The molecule has 0 aromatic heterocycles. The molecular formula is C18H28N2O3. The number of hydrogen-bond acceptors (Lipinski definition) is 3. The summed E-state index contributed by atoms with van der Waals surface area (Å²) in [6, 6.07) is 5.97. The first kappa shape index (κ1) is 17.6. The van der Waals surface area contributed by atoms with Crippen molar-refractivity contribution >= 4 is 6.03 Å². The van der Waals surface area contributed by atoms with Crippen LogP contribution < -0.4 is 10.1 Å². The van der Waals surface area contributed by atoms with E-state index in [1.807, 2.05) is 46.0 Å². The van der Waals surface area contributed by atoms with Gasteiger partial charge in [0.25, 0.3) is 0 Å². The van der Waals surface area contributed by atoms with Gasteiger partial charge in [-0.3, -0.25) is 0 Å². The Bertz CT molecular complexity index is 507. The number of carbonyl (C=O) groups excluding carboxylic acids is 1. The minimum atomic E-state index is -0.0606. The summed E-state index contributed by atoms with van der Waals surface area (Å²) in [5.41, 5.74) is 2.23. The van der Waals surface area contributed by atoms with Crippen LogP contribution in [0.25, 0.3) is 0 Å². The van der Waals surface area contributed by atoms with Crippen molar-refractivity contribution in [1.82, 2.24) is 10.2 Å². The van der Waals surface area contributed by atoms with E-state index in [-0.39, 0.29) is 12.1 Å². The van der Waals surface area contributed by atoms with Crippen LogP contribution in [0.4, 0.5) is 4.79 Å². The van der Waals surface area contributed by atoms with Crippen molar-refractivity contribution in [3.63, 3.8) is 0 Å². The fourth-order valence-electron chi connectivity index (χ4n) is 2.80. The van der Waals surface area contributed by atoms with E-state index < -0.39 is 0 Å². The second-order valence-corrected chi connectivity index (χ2v) is 6.49. The van der Waals surface area contributed by atoms with Crippen LogP contribution in [0.5, 0.6) is 5.75 Å². The SMILES string of the molecule is Cc1cccc(C)c1OC[C@H](C)NC(=O)N(C)C[C@H]1CCOC1. The number of hydrogen-bond donors (Lipinski definition) is 1. The third-order valence-corrected chi connectivity index (χ3v) is 4.16. The Labute approximate surface area is 139 Å². The van der Waals surface area contributed by atoms with E-state index in [1.165, 1.54) is 0 Å². The Hall–Kier alpha value is -1.75. The van der Waals surface area contributed by atoms with E-state index in [9.17, 15) is 4.79 Å². The maximum atomic E-state index is 12.2. The Morgan fingerprint density at radius 3 is 2.74 bits per heavy atom. The number of benzene rings is 1. The summed E-state index contributed by atoms with van der Waals surface area (Å²) < 4.78 is 11.2. The lowest BCUT2D eigenvalue weighted by atomic mass is 10.1. The lowest BCUT2D eigenvalue weighted by Gasteiger charge is -2.24. The van der Waals surface area contributed by atoms with Gasteiger partial charge in [-0.25, -0.2) is 4.79 Å². The standard InChI is InChI=1S/C18H28N2O3/c1-13-6-5-7-14(2)17(13)23-11-15(3)19-18(21)20(4)10-16-8-9-22-12-16/h5-7,15-16H,8-12H2,1-4H3,(H,19,21)/t15-,16+/m0/s1. The molecule has 1 aromatic rings.